The monoisotopic (exact) mass is 483 g/mol. The number of H-pyrrole nitrogens is 1. The minimum Gasteiger partial charge on any atom is -0.497 e. The SMILES string of the molecule is COc1ccc(/C=C(\NC(=O)c2ccccc2OC)C(=O)NCCc2c(C)[nH]c3ccccc23)cc1. The van der Waals surface area contributed by atoms with Gasteiger partial charge in [0.1, 0.15) is 17.2 Å². The molecule has 4 rings (SSSR count). The molecule has 0 saturated heterocycles. The molecular weight excluding hydrogens is 454 g/mol. The first-order valence-electron chi connectivity index (χ1n) is 11.6. The second-order valence-corrected chi connectivity index (χ2v) is 8.27. The number of ether oxygens (including phenoxy) is 2. The number of carbonyl (C=O) groups excluding carboxylic acids is 2. The summed E-state index contributed by atoms with van der Waals surface area (Å²) in [6.45, 7) is 2.44. The van der Waals surface area contributed by atoms with Crippen LogP contribution in [0.2, 0.25) is 0 Å². The molecule has 0 unspecified atom stereocenters. The second kappa shape index (κ2) is 11.3. The van der Waals surface area contributed by atoms with E-state index >= 15 is 0 Å². The van der Waals surface area contributed by atoms with Crippen LogP contribution >= 0.6 is 0 Å². The number of rotatable bonds is 9. The maximum atomic E-state index is 13.2. The molecule has 0 saturated carbocycles. The third-order valence-corrected chi connectivity index (χ3v) is 5.96. The first kappa shape index (κ1) is 24.6. The van der Waals surface area contributed by atoms with Gasteiger partial charge in [-0.2, -0.15) is 0 Å². The molecular formula is C29H29N3O4. The van der Waals surface area contributed by atoms with Gasteiger partial charge in [-0.15, -0.1) is 0 Å². The normalized spacial score (nSPS) is 11.2. The topological polar surface area (TPSA) is 92.4 Å². The van der Waals surface area contributed by atoms with Crippen molar-refractivity contribution in [3.63, 3.8) is 0 Å². The van der Waals surface area contributed by atoms with Crippen LogP contribution in [0, 0.1) is 6.92 Å². The van der Waals surface area contributed by atoms with Gasteiger partial charge in [0.15, 0.2) is 0 Å². The van der Waals surface area contributed by atoms with E-state index in [4.69, 9.17) is 9.47 Å². The van der Waals surface area contributed by atoms with Crippen LogP contribution in [-0.4, -0.2) is 37.6 Å². The highest BCUT2D eigenvalue weighted by Crippen LogP contribution is 2.22. The average molecular weight is 484 g/mol. The van der Waals surface area contributed by atoms with Crippen molar-refractivity contribution < 1.29 is 19.1 Å². The molecule has 0 radical (unpaired) electrons. The summed E-state index contributed by atoms with van der Waals surface area (Å²) in [6.07, 6.45) is 2.29. The van der Waals surface area contributed by atoms with Gasteiger partial charge in [0.2, 0.25) is 0 Å². The lowest BCUT2D eigenvalue weighted by Gasteiger charge is -2.13. The molecule has 0 bridgehead atoms. The third kappa shape index (κ3) is 5.58. The summed E-state index contributed by atoms with van der Waals surface area (Å²) >= 11 is 0. The van der Waals surface area contributed by atoms with Gasteiger partial charge in [-0.1, -0.05) is 42.5 Å². The number of methoxy groups -OCH3 is 2. The summed E-state index contributed by atoms with van der Waals surface area (Å²) in [5.41, 5.74) is 4.51. The lowest BCUT2D eigenvalue weighted by atomic mass is 10.1. The molecule has 4 aromatic rings. The molecule has 0 aliphatic heterocycles. The fraction of sp³-hybridized carbons (Fsp3) is 0.172. The molecule has 1 aromatic heterocycles. The summed E-state index contributed by atoms with van der Waals surface area (Å²) in [5.74, 6) is 0.306. The lowest BCUT2D eigenvalue weighted by Crippen LogP contribution is -2.36. The number of fused-ring (bicyclic) bond motifs is 1. The molecule has 0 aliphatic rings. The number of aryl methyl sites for hydroxylation is 1. The molecule has 7 heteroatoms. The van der Waals surface area contributed by atoms with Crippen molar-refractivity contribution in [1.29, 1.82) is 0 Å². The van der Waals surface area contributed by atoms with Crippen molar-refractivity contribution in [1.82, 2.24) is 15.6 Å². The summed E-state index contributed by atoms with van der Waals surface area (Å²) in [6, 6.07) is 22.2. The quantitative estimate of drug-likeness (QED) is 0.303. The molecule has 0 spiro atoms. The van der Waals surface area contributed by atoms with E-state index in [-0.39, 0.29) is 11.6 Å². The Morgan fingerprint density at radius 2 is 1.64 bits per heavy atom. The first-order valence-corrected chi connectivity index (χ1v) is 11.6. The Labute approximate surface area is 210 Å². The van der Waals surface area contributed by atoms with Crippen LogP contribution in [0.25, 0.3) is 17.0 Å². The van der Waals surface area contributed by atoms with Crippen LogP contribution in [0.1, 0.15) is 27.2 Å². The number of aromatic amines is 1. The van der Waals surface area contributed by atoms with E-state index in [1.54, 1.807) is 49.6 Å². The van der Waals surface area contributed by atoms with Gasteiger partial charge in [-0.05, 0) is 60.9 Å². The van der Waals surface area contributed by atoms with Crippen LogP contribution in [0.15, 0.2) is 78.5 Å². The molecule has 2 amide bonds. The van der Waals surface area contributed by atoms with E-state index in [9.17, 15) is 9.59 Å². The minimum atomic E-state index is -0.435. The van der Waals surface area contributed by atoms with Gasteiger partial charge in [0, 0.05) is 23.1 Å². The molecule has 1 heterocycles. The van der Waals surface area contributed by atoms with Crippen LogP contribution in [0.5, 0.6) is 11.5 Å². The maximum absolute atomic E-state index is 13.2. The summed E-state index contributed by atoms with van der Waals surface area (Å²) in [5, 5.41) is 6.85. The van der Waals surface area contributed by atoms with Crippen molar-refractivity contribution in [2.75, 3.05) is 20.8 Å². The molecule has 0 atom stereocenters. The fourth-order valence-corrected chi connectivity index (χ4v) is 4.10. The number of aromatic nitrogens is 1. The predicted octanol–water partition coefficient (Wildman–Crippen LogP) is 4.62. The number of amides is 2. The van der Waals surface area contributed by atoms with Gasteiger partial charge >= 0.3 is 0 Å². The van der Waals surface area contributed by atoms with E-state index in [0.29, 0.717) is 30.0 Å². The molecule has 3 N–H and O–H groups in total. The highest BCUT2D eigenvalue weighted by atomic mass is 16.5. The predicted molar refractivity (Wildman–Crippen MR) is 141 cm³/mol. The van der Waals surface area contributed by atoms with E-state index in [1.807, 2.05) is 37.3 Å². The third-order valence-electron chi connectivity index (χ3n) is 5.96. The number of hydrogen-bond acceptors (Lipinski definition) is 4. The number of benzene rings is 3. The Morgan fingerprint density at radius 3 is 2.39 bits per heavy atom. The Hall–Kier alpha value is -4.52. The highest BCUT2D eigenvalue weighted by molar-refractivity contribution is 6.06. The zero-order chi connectivity index (χ0) is 25.5. The highest BCUT2D eigenvalue weighted by Gasteiger charge is 2.18. The molecule has 0 fully saturated rings. The Bertz CT molecular complexity index is 1400. The maximum Gasteiger partial charge on any atom is 0.267 e. The number of hydrogen-bond donors (Lipinski definition) is 3. The van der Waals surface area contributed by atoms with Crippen molar-refractivity contribution in [3.8, 4) is 11.5 Å². The second-order valence-electron chi connectivity index (χ2n) is 8.27. The van der Waals surface area contributed by atoms with Crippen LogP contribution in [0.4, 0.5) is 0 Å². The van der Waals surface area contributed by atoms with E-state index < -0.39 is 5.91 Å². The Morgan fingerprint density at radius 1 is 0.917 bits per heavy atom. The minimum absolute atomic E-state index is 0.131. The number of para-hydroxylation sites is 2. The number of nitrogens with one attached hydrogen (secondary N) is 3. The molecule has 7 nitrogen and oxygen atoms in total. The zero-order valence-electron chi connectivity index (χ0n) is 20.6. The summed E-state index contributed by atoms with van der Waals surface area (Å²) in [7, 11) is 3.09. The largest absolute Gasteiger partial charge is 0.497 e. The van der Waals surface area contributed by atoms with Crippen LogP contribution in [-0.2, 0) is 11.2 Å². The van der Waals surface area contributed by atoms with Gasteiger partial charge in [-0.3, -0.25) is 9.59 Å². The fourth-order valence-electron chi connectivity index (χ4n) is 4.10. The van der Waals surface area contributed by atoms with Crippen molar-refractivity contribution in [2.45, 2.75) is 13.3 Å². The van der Waals surface area contributed by atoms with E-state index in [2.05, 4.69) is 21.7 Å². The van der Waals surface area contributed by atoms with Gasteiger partial charge in [0.05, 0.1) is 19.8 Å². The van der Waals surface area contributed by atoms with Crippen LogP contribution in [0.3, 0.4) is 0 Å². The molecule has 36 heavy (non-hydrogen) atoms. The van der Waals surface area contributed by atoms with Crippen molar-refractivity contribution in [2.24, 2.45) is 0 Å². The Balaban J connectivity index is 1.53. The summed E-state index contributed by atoms with van der Waals surface area (Å²) < 4.78 is 10.5. The first-order chi connectivity index (χ1) is 17.5. The zero-order valence-corrected chi connectivity index (χ0v) is 20.6. The van der Waals surface area contributed by atoms with Crippen molar-refractivity contribution in [3.05, 3.63) is 101 Å². The Kier molecular flexibility index (Phi) is 7.70. The smallest absolute Gasteiger partial charge is 0.267 e. The van der Waals surface area contributed by atoms with Crippen molar-refractivity contribution >= 4 is 28.8 Å². The van der Waals surface area contributed by atoms with Gasteiger partial charge < -0.3 is 25.1 Å². The van der Waals surface area contributed by atoms with Gasteiger partial charge in [-0.25, -0.2) is 0 Å². The lowest BCUT2D eigenvalue weighted by molar-refractivity contribution is -0.117. The van der Waals surface area contributed by atoms with Gasteiger partial charge in [0.25, 0.3) is 11.8 Å². The molecule has 184 valence electrons. The van der Waals surface area contributed by atoms with E-state index in [0.717, 1.165) is 27.7 Å². The molecule has 0 aliphatic carbocycles. The van der Waals surface area contributed by atoms with Crippen LogP contribution < -0.4 is 20.1 Å². The number of carbonyl (C=O) groups is 2. The molecule has 3 aromatic carbocycles. The average Bonchev–Trinajstić information content (AvgIpc) is 3.23. The van der Waals surface area contributed by atoms with E-state index in [1.165, 1.54) is 7.11 Å². The summed E-state index contributed by atoms with van der Waals surface area (Å²) in [4.78, 5) is 29.6. The standard InChI is InChI=1S/C29H29N3O4/c1-19-22(23-8-4-6-10-25(23)31-19)16-17-30-29(34)26(18-20-12-14-21(35-2)15-13-20)32-28(33)24-9-5-7-11-27(24)36-3/h4-15,18,31H,16-17H2,1-3H3,(H,30,34)(H,32,33)/b26-18-.